The number of benzene rings is 1. The third-order valence-electron chi connectivity index (χ3n) is 8.95. The molecule has 0 aliphatic rings. The molecule has 0 spiro atoms. The zero-order chi connectivity index (χ0) is 53.9. The number of esters is 1. The first-order valence-electron chi connectivity index (χ1n) is 25.4. The first-order chi connectivity index (χ1) is 36.9. The molecule has 0 aromatic heterocycles. The predicted octanol–water partition coefficient (Wildman–Crippen LogP) is 1.36. The van der Waals surface area contributed by atoms with Gasteiger partial charge in [-0.25, -0.2) is 4.79 Å². The molecular weight excluding hydrogens is 1020 g/mol. The van der Waals surface area contributed by atoms with E-state index in [2.05, 4.69) is 6.58 Å². The molecule has 1 aromatic carbocycles. The van der Waals surface area contributed by atoms with Crippen molar-refractivity contribution in [2.24, 2.45) is 0 Å². The first-order valence-corrected chi connectivity index (χ1v) is 26.8. The highest BCUT2D eigenvalue weighted by molar-refractivity contribution is 7.85. The van der Waals surface area contributed by atoms with Crippen molar-refractivity contribution in [2.75, 3.05) is 264 Å². The second-order valence-electron chi connectivity index (χ2n) is 14.8. The molecule has 1 rings (SSSR count). The van der Waals surface area contributed by atoms with E-state index < -0.39 is 16.1 Å². The molecule has 0 fully saturated rings. The van der Waals surface area contributed by atoms with Gasteiger partial charge in [-0.1, -0.05) is 6.58 Å². The van der Waals surface area contributed by atoms with Gasteiger partial charge in [0.15, 0.2) is 0 Å². The van der Waals surface area contributed by atoms with Gasteiger partial charge in [0.05, 0.1) is 256 Å². The summed E-state index contributed by atoms with van der Waals surface area (Å²) in [5.74, 6) is 0.00493. The highest BCUT2D eigenvalue weighted by atomic mass is 32.2. The maximum Gasteiger partial charge on any atom is 0.330 e. The minimum absolute atomic E-state index is 0.188. The van der Waals surface area contributed by atoms with Crippen LogP contribution in [0.2, 0.25) is 0 Å². The molecule has 0 saturated heterocycles. The van der Waals surface area contributed by atoms with Gasteiger partial charge >= 0.3 is 5.97 Å². The van der Waals surface area contributed by atoms with Gasteiger partial charge in [0.1, 0.15) is 19.0 Å². The predicted molar refractivity (Wildman–Crippen MR) is 268 cm³/mol. The van der Waals surface area contributed by atoms with Crippen molar-refractivity contribution in [2.45, 2.75) is 4.90 Å². The Morgan fingerprint density at radius 2 is 0.493 bits per heavy atom. The van der Waals surface area contributed by atoms with E-state index in [-0.39, 0.29) is 18.1 Å². The molecule has 0 heterocycles. The molecule has 75 heavy (non-hydrogen) atoms. The van der Waals surface area contributed by atoms with Crippen molar-refractivity contribution in [1.29, 1.82) is 0 Å². The van der Waals surface area contributed by atoms with Crippen LogP contribution in [-0.4, -0.2) is 283 Å². The van der Waals surface area contributed by atoms with Crippen LogP contribution in [-0.2, 0) is 110 Å². The Hall–Kier alpha value is -2.62. The first kappa shape index (κ1) is 70.4. The van der Waals surface area contributed by atoms with E-state index in [0.717, 1.165) is 6.08 Å². The van der Waals surface area contributed by atoms with Gasteiger partial charge in [-0.2, -0.15) is 8.42 Å². The summed E-state index contributed by atoms with van der Waals surface area (Å²) in [7, 11) is -4.22. The van der Waals surface area contributed by atoms with Crippen LogP contribution in [0.5, 0.6) is 5.75 Å². The van der Waals surface area contributed by atoms with E-state index >= 15 is 0 Å². The van der Waals surface area contributed by atoms with Gasteiger partial charge in [-0.15, -0.1) is 0 Å². The van der Waals surface area contributed by atoms with E-state index in [1.165, 1.54) is 24.3 Å². The monoisotopic (exact) mass is 1110 g/mol. The van der Waals surface area contributed by atoms with Crippen molar-refractivity contribution in [3.8, 4) is 5.75 Å². The summed E-state index contributed by atoms with van der Waals surface area (Å²) in [6.45, 7) is 21.1. The summed E-state index contributed by atoms with van der Waals surface area (Å²) in [6, 6.07) is 5.45. The molecule has 0 atom stereocenters. The average Bonchev–Trinajstić information content (AvgIpc) is 3.41. The summed E-state index contributed by atoms with van der Waals surface area (Å²) < 4.78 is 145. The lowest BCUT2D eigenvalue weighted by Gasteiger charge is -2.09. The normalized spacial score (nSPS) is 11.7. The van der Waals surface area contributed by atoms with E-state index in [4.69, 9.17) is 104 Å². The van der Waals surface area contributed by atoms with Gasteiger partial charge in [-0.3, -0.25) is 4.55 Å². The molecule has 26 heteroatoms. The Morgan fingerprint density at radius 3 is 0.667 bits per heavy atom. The van der Waals surface area contributed by atoms with Crippen molar-refractivity contribution in [1.82, 2.24) is 0 Å². The van der Waals surface area contributed by atoms with Gasteiger partial charge in [-0.05, 0) is 24.3 Å². The van der Waals surface area contributed by atoms with Gasteiger partial charge in [0, 0.05) is 6.08 Å². The van der Waals surface area contributed by atoms with Crippen LogP contribution in [0, 0.1) is 0 Å². The van der Waals surface area contributed by atoms with Gasteiger partial charge in [0.2, 0.25) is 0 Å². The Labute approximate surface area is 444 Å². The number of carbonyl (C=O) groups excluding carboxylic acids is 1. The Bertz CT molecular complexity index is 1450. The lowest BCUT2D eigenvalue weighted by molar-refractivity contribution is -0.139. The second kappa shape index (κ2) is 57.6. The molecule has 25 nitrogen and oxygen atoms in total. The molecule has 0 bridgehead atoms. The van der Waals surface area contributed by atoms with Gasteiger partial charge < -0.3 is 99.5 Å². The van der Waals surface area contributed by atoms with E-state index in [9.17, 15) is 13.2 Å². The largest absolute Gasteiger partial charge is 0.491 e. The highest BCUT2D eigenvalue weighted by Gasteiger charge is 2.09. The second-order valence-corrected chi connectivity index (χ2v) is 16.2. The van der Waals surface area contributed by atoms with Crippen molar-refractivity contribution in [3.63, 3.8) is 0 Å². The third kappa shape index (κ3) is 54.5. The fourth-order valence-corrected chi connectivity index (χ4v) is 5.73. The van der Waals surface area contributed by atoms with Crippen molar-refractivity contribution < 1.29 is 117 Å². The quantitative estimate of drug-likeness (QED) is 0.0418. The summed E-state index contributed by atoms with van der Waals surface area (Å²) in [6.07, 6.45) is 1.11. The molecule has 440 valence electrons. The number of carbonyl (C=O) groups is 1. The summed E-state index contributed by atoms with van der Waals surface area (Å²) >= 11 is 0. The van der Waals surface area contributed by atoms with Crippen LogP contribution in [0.1, 0.15) is 0 Å². The Balaban J connectivity index is 1.61. The molecule has 0 aliphatic heterocycles. The van der Waals surface area contributed by atoms with Crippen LogP contribution in [0.25, 0.3) is 0 Å². The van der Waals surface area contributed by atoms with E-state index in [1.54, 1.807) is 0 Å². The number of ether oxygens (including phenoxy) is 21. The zero-order valence-corrected chi connectivity index (χ0v) is 44.8. The number of rotatable bonds is 63. The SMILES string of the molecule is C=CC(=O)OCCOCCOCCOCCOCCOCCOCCOCCOCCOCCOCCOCCOCCOCCOCCOCCOCCOCCOCCOCCOc1ccc(S(=O)(=O)O)cc1. The number of hydrogen-bond donors (Lipinski definition) is 1. The molecule has 0 radical (unpaired) electrons. The van der Waals surface area contributed by atoms with Crippen LogP contribution < -0.4 is 4.74 Å². The highest BCUT2D eigenvalue weighted by Crippen LogP contribution is 2.15. The standard InChI is InChI=1S/C49H88O25S/c1-2-49(50)74-46-44-72-42-40-70-38-36-68-34-32-66-30-28-64-26-24-62-22-20-60-18-16-58-14-12-56-10-8-54-7-9-55-11-13-57-15-17-59-19-21-61-23-25-63-27-29-65-31-33-67-35-37-69-39-41-71-43-45-73-47-3-5-48(6-4-47)75(51,52)53/h2-6H,1,7-46H2,(H,51,52,53). The maximum absolute atomic E-state index is 11.1. The lowest BCUT2D eigenvalue weighted by atomic mass is 10.3. The zero-order valence-electron chi connectivity index (χ0n) is 44.0. The Morgan fingerprint density at radius 1 is 0.320 bits per heavy atom. The fraction of sp³-hybridized carbons (Fsp3) is 0.816. The van der Waals surface area contributed by atoms with Crippen LogP contribution in [0.3, 0.4) is 0 Å². The molecule has 0 saturated carbocycles. The molecule has 0 amide bonds. The minimum Gasteiger partial charge on any atom is -0.491 e. The molecule has 1 aromatic rings. The van der Waals surface area contributed by atoms with E-state index in [1.807, 2.05) is 0 Å². The fourth-order valence-electron chi connectivity index (χ4n) is 5.25. The number of hydrogen-bond acceptors (Lipinski definition) is 24. The summed E-state index contributed by atoms with van der Waals surface area (Å²) in [5.41, 5.74) is 0. The third-order valence-corrected chi connectivity index (χ3v) is 9.82. The van der Waals surface area contributed by atoms with Crippen LogP contribution in [0.4, 0.5) is 0 Å². The summed E-state index contributed by atoms with van der Waals surface area (Å²) in [4.78, 5) is 10.7. The van der Waals surface area contributed by atoms with Crippen LogP contribution >= 0.6 is 0 Å². The van der Waals surface area contributed by atoms with Gasteiger partial charge in [0.25, 0.3) is 10.1 Å². The minimum atomic E-state index is -4.22. The van der Waals surface area contributed by atoms with E-state index in [0.29, 0.717) is 257 Å². The molecule has 1 N–H and O–H groups in total. The smallest absolute Gasteiger partial charge is 0.330 e. The topological polar surface area (TPSA) is 265 Å². The lowest BCUT2D eigenvalue weighted by Crippen LogP contribution is -2.16. The summed E-state index contributed by atoms with van der Waals surface area (Å²) in [5, 5.41) is 0. The Kier molecular flexibility index (Phi) is 54.0. The maximum atomic E-state index is 11.1. The van der Waals surface area contributed by atoms with Crippen molar-refractivity contribution >= 4 is 16.1 Å². The average molecular weight is 1110 g/mol. The van der Waals surface area contributed by atoms with Crippen LogP contribution in [0.15, 0.2) is 41.8 Å². The molecular formula is C49H88O25S. The van der Waals surface area contributed by atoms with Crippen molar-refractivity contribution in [3.05, 3.63) is 36.9 Å². The molecule has 0 aliphatic carbocycles. The molecule has 0 unspecified atom stereocenters.